The Morgan fingerprint density at radius 1 is 1.00 bits per heavy atom. The van der Waals surface area contributed by atoms with Crippen molar-refractivity contribution in [3.63, 3.8) is 0 Å². The molecule has 2 aromatic carbocycles. The Hall–Kier alpha value is -3.45. The number of carbonyl (C=O) groups excluding carboxylic acids is 1. The fourth-order valence-electron chi connectivity index (χ4n) is 3.30. The van der Waals surface area contributed by atoms with Gasteiger partial charge in [-0.1, -0.05) is 42.1 Å². The van der Waals surface area contributed by atoms with Gasteiger partial charge in [0, 0.05) is 41.4 Å². The third-order valence-electron chi connectivity index (χ3n) is 4.83. The molecule has 6 nitrogen and oxygen atoms in total. The number of hydrogen-bond donors (Lipinski definition) is 0. The molecule has 0 aliphatic heterocycles. The molecule has 0 saturated carbocycles. The van der Waals surface area contributed by atoms with Crippen LogP contribution in [-0.4, -0.2) is 37.9 Å². The molecule has 0 aliphatic carbocycles. The normalized spacial score (nSPS) is 10.8. The maximum atomic E-state index is 12.4. The van der Waals surface area contributed by atoms with Gasteiger partial charge in [0.2, 0.25) is 0 Å². The number of benzene rings is 2. The third kappa shape index (κ3) is 5.23. The number of ether oxygens (including phenoxy) is 1. The summed E-state index contributed by atoms with van der Waals surface area (Å²) in [5, 5.41) is 9.65. The topological polar surface area (TPSA) is 69.9 Å². The molecule has 0 saturated heterocycles. The lowest BCUT2D eigenvalue weighted by atomic mass is 10.1. The zero-order valence-electron chi connectivity index (χ0n) is 17.8. The highest BCUT2D eigenvalue weighted by molar-refractivity contribution is 7.99. The van der Waals surface area contributed by atoms with Crippen LogP contribution in [0.25, 0.3) is 17.1 Å². The van der Waals surface area contributed by atoms with E-state index in [2.05, 4.69) is 15.2 Å². The summed E-state index contributed by atoms with van der Waals surface area (Å²) in [5.41, 5.74) is 2.59. The van der Waals surface area contributed by atoms with Crippen molar-refractivity contribution in [1.29, 1.82) is 0 Å². The van der Waals surface area contributed by atoms with Crippen LogP contribution in [0, 0.1) is 0 Å². The minimum atomic E-state index is 0.162. The monoisotopic (exact) mass is 444 g/mol. The quantitative estimate of drug-likeness (QED) is 0.183. The predicted octanol–water partition coefficient (Wildman–Crippen LogP) is 5.48. The van der Waals surface area contributed by atoms with Crippen LogP contribution in [-0.2, 0) is 0 Å². The van der Waals surface area contributed by atoms with Gasteiger partial charge in [-0.05, 0) is 49.7 Å². The van der Waals surface area contributed by atoms with Gasteiger partial charge in [-0.2, -0.15) is 0 Å². The number of aromatic nitrogens is 4. The first kappa shape index (κ1) is 21.8. The molecule has 0 unspecified atom stereocenters. The van der Waals surface area contributed by atoms with Gasteiger partial charge in [-0.25, -0.2) is 0 Å². The highest BCUT2D eigenvalue weighted by Crippen LogP contribution is 2.29. The van der Waals surface area contributed by atoms with E-state index in [0.29, 0.717) is 13.0 Å². The zero-order valence-corrected chi connectivity index (χ0v) is 18.7. The van der Waals surface area contributed by atoms with Crippen molar-refractivity contribution >= 4 is 17.5 Å². The summed E-state index contributed by atoms with van der Waals surface area (Å²) in [6, 6.07) is 21.1. The van der Waals surface area contributed by atoms with Gasteiger partial charge in [0.15, 0.2) is 16.8 Å². The second kappa shape index (κ2) is 10.7. The van der Waals surface area contributed by atoms with Gasteiger partial charge in [-0.15, -0.1) is 10.2 Å². The molecular weight excluding hydrogens is 420 g/mol. The van der Waals surface area contributed by atoms with Gasteiger partial charge in [-0.3, -0.25) is 14.3 Å². The third-order valence-corrected chi connectivity index (χ3v) is 5.85. The Balaban J connectivity index is 1.51. The molecule has 0 bridgehead atoms. The van der Waals surface area contributed by atoms with Crippen LogP contribution in [0.1, 0.15) is 30.1 Å². The van der Waals surface area contributed by atoms with Crippen LogP contribution in [0.4, 0.5) is 0 Å². The number of nitrogens with zero attached hydrogens (tertiary/aromatic N) is 4. The zero-order chi connectivity index (χ0) is 22.2. The van der Waals surface area contributed by atoms with Crippen LogP contribution in [0.3, 0.4) is 0 Å². The van der Waals surface area contributed by atoms with E-state index in [1.54, 1.807) is 24.2 Å². The number of Topliss-reactive ketones (excluding diaryl/α,β-unsaturated/α-hetero) is 1. The van der Waals surface area contributed by atoms with Crippen molar-refractivity contribution in [2.45, 2.75) is 24.9 Å². The lowest BCUT2D eigenvalue weighted by Crippen LogP contribution is -2.02. The second-order valence-electron chi connectivity index (χ2n) is 7.05. The van der Waals surface area contributed by atoms with Crippen LogP contribution >= 0.6 is 11.8 Å². The summed E-state index contributed by atoms with van der Waals surface area (Å²) in [7, 11) is 0. The Bertz CT molecular complexity index is 1150. The van der Waals surface area contributed by atoms with E-state index in [4.69, 9.17) is 4.74 Å². The van der Waals surface area contributed by atoms with Crippen molar-refractivity contribution in [3.05, 3.63) is 84.7 Å². The van der Waals surface area contributed by atoms with Crippen LogP contribution in [0.15, 0.2) is 84.3 Å². The van der Waals surface area contributed by atoms with Gasteiger partial charge < -0.3 is 4.74 Å². The van der Waals surface area contributed by atoms with Crippen LogP contribution < -0.4 is 4.74 Å². The van der Waals surface area contributed by atoms with E-state index in [-0.39, 0.29) is 5.78 Å². The Labute approximate surface area is 191 Å². The summed E-state index contributed by atoms with van der Waals surface area (Å²) >= 11 is 1.59. The SMILES string of the molecule is CCOc1ccc(-n2c(SCCCC(=O)c3ccccc3)nnc2-c2cccnc2)cc1. The molecule has 0 fully saturated rings. The first-order chi connectivity index (χ1) is 15.8. The number of thioether (sulfide) groups is 1. The Kier molecular flexibility index (Phi) is 7.30. The number of hydrogen-bond acceptors (Lipinski definition) is 6. The summed E-state index contributed by atoms with van der Waals surface area (Å²) in [6.45, 7) is 2.58. The molecule has 4 rings (SSSR count). The summed E-state index contributed by atoms with van der Waals surface area (Å²) in [6.07, 6.45) is 4.78. The molecular formula is C25H24N4O2S. The first-order valence-corrected chi connectivity index (χ1v) is 11.5. The van der Waals surface area contributed by atoms with Gasteiger partial charge in [0.25, 0.3) is 0 Å². The predicted molar refractivity (Wildman–Crippen MR) is 126 cm³/mol. The fraction of sp³-hybridized carbons (Fsp3) is 0.200. The minimum Gasteiger partial charge on any atom is -0.494 e. The molecule has 0 amide bonds. The number of carbonyl (C=O) groups is 1. The molecule has 4 aromatic rings. The van der Waals surface area contributed by atoms with Crippen LogP contribution in [0.5, 0.6) is 5.75 Å². The van der Waals surface area contributed by atoms with E-state index in [1.807, 2.05) is 78.2 Å². The first-order valence-electron chi connectivity index (χ1n) is 10.6. The molecule has 162 valence electrons. The second-order valence-corrected chi connectivity index (χ2v) is 8.11. The van der Waals surface area contributed by atoms with Gasteiger partial charge >= 0.3 is 0 Å². The standard InChI is InChI=1S/C25H24N4O2S/c1-2-31-22-14-12-21(13-15-22)29-24(20-10-6-16-26-18-20)27-28-25(29)32-17-7-11-23(30)19-8-4-3-5-9-19/h3-6,8-10,12-16,18H,2,7,11,17H2,1H3. The molecule has 7 heteroatoms. The number of ketones is 1. The summed E-state index contributed by atoms with van der Waals surface area (Å²) in [4.78, 5) is 16.6. The Morgan fingerprint density at radius 2 is 1.81 bits per heavy atom. The van der Waals surface area contributed by atoms with E-state index in [9.17, 15) is 4.79 Å². The lowest BCUT2D eigenvalue weighted by molar-refractivity contribution is 0.0982. The van der Waals surface area contributed by atoms with Gasteiger partial charge in [0.05, 0.1) is 6.61 Å². The molecule has 0 atom stereocenters. The molecule has 2 aromatic heterocycles. The fourth-order valence-corrected chi connectivity index (χ4v) is 4.19. The van der Waals surface area contributed by atoms with E-state index in [0.717, 1.165) is 45.7 Å². The molecule has 32 heavy (non-hydrogen) atoms. The largest absolute Gasteiger partial charge is 0.494 e. The summed E-state index contributed by atoms with van der Waals surface area (Å²) in [5.74, 6) is 2.47. The van der Waals surface area contributed by atoms with E-state index < -0.39 is 0 Å². The van der Waals surface area contributed by atoms with Gasteiger partial charge in [0.1, 0.15) is 5.75 Å². The number of pyridine rings is 1. The highest BCUT2D eigenvalue weighted by Gasteiger charge is 2.16. The summed E-state index contributed by atoms with van der Waals surface area (Å²) < 4.78 is 7.60. The molecule has 0 spiro atoms. The molecule has 0 aliphatic rings. The highest BCUT2D eigenvalue weighted by atomic mass is 32.2. The molecule has 0 radical (unpaired) electrons. The Morgan fingerprint density at radius 3 is 2.53 bits per heavy atom. The molecule has 0 N–H and O–H groups in total. The van der Waals surface area contributed by atoms with Crippen molar-refractivity contribution in [1.82, 2.24) is 19.7 Å². The lowest BCUT2D eigenvalue weighted by Gasteiger charge is -2.11. The van der Waals surface area contributed by atoms with Crippen molar-refractivity contribution in [2.75, 3.05) is 12.4 Å². The maximum absolute atomic E-state index is 12.4. The van der Waals surface area contributed by atoms with Crippen molar-refractivity contribution in [3.8, 4) is 22.8 Å². The minimum absolute atomic E-state index is 0.162. The average Bonchev–Trinajstić information content (AvgIpc) is 3.27. The maximum Gasteiger partial charge on any atom is 0.196 e. The number of rotatable bonds is 10. The van der Waals surface area contributed by atoms with Crippen LogP contribution in [0.2, 0.25) is 0 Å². The smallest absolute Gasteiger partial charge is 0.196 e. The molecule has 2 heterocycles. The van der Waals surface area contributed by atoms with Crippen molar-refractivity contribution in [2.24, 2.45) is 0 Å². The van der Waals surface area contributed by atoms with E-state index >= 15 is 0 Å². The average molecular weight is 445 g/mol. The van der Waals surface area contributed by atoms with E-state index in [1.165, 1.54) is 0 Å². The van der Waals surface area contributed by atoms with Crippen molar-refractivity contribution < 1.29 is 9.53 Å².